The van der Waals surface area contributed by atoms with Gasteiger partial charge in [0.15, 0.2) is 0 Å². The molecule has 8 N–H and O–H groups in total. The van der Waals surface area contributed by atoms with E-state index in [4.69, 9.17) is 5.73 Å². The highest BCUT2D eigenvalue weighted by atomic mass is 16.4. The number of para-hydroxylation sites is 1. The van der Waals surface area contributed by atoms with Crippen molar-refractivity contribution >= 4 is 34.6 Å². The second kappa shape index (κ2) is 15.7. The summed E-state index contributed by atoms with van der Waals surface area (Å²) in [6, 6.07) is 18.5. The molecule has 11 nitrogen and oxygen atoms in total. The average Bonchev–Trinajstić information content (AvgIpc) is 3.46. The van der Waals surface area contributed by atoms with Crippen LogP contribution in [0.3, 0.4) is 0 Å². The highest BCUT2D eigenvalue weighted by Gasteiger charge is 2.32. The van der Waals surface area contributed by atoms with Crippen molar-refractivity contribution in [3.63, 3.8) is 0 Å². The number of carbonyl (C=O) groups excluding carboxylic acids is 3. The topological polar surface area (TPSA) is 187 Å². The van der Waals surface area contributed by atoms with Crippen LogP contribution >= 0.6 is 0 Å². The molecule has 0 spiro atoms. The lowest BCUT2D eigenvalue weighted by molar-refractivity contribution is -0.143. The molecule has 3 aromatic carbocycles. The van der Waals surface area contributed by atoms with Crippen LogP contribution in [-0.4, -0.2) is 63.1 Å². The number of aromatic hydroxyl groups is 1. The van der Waals surface area contributed by atoms with E-state index in [9.17, 15) is 29.4 Å². The third-order valence-electron chi connectivity index (χ3n) is 8.15. The molecule has 0 bridgehead atoms. The maximum Gasteiger partial charge on any atom is 0.326 e. The van der Waals surface area contributed by atoms with Gasteiger partial charge in [-0.05, 0) is 47.2 Å². The number of carbonyl (C=O) groups is 4. The van der Waals surface area contributed by atoms with E-state index in [0.717, 1.165) is 22.0 Å². The van der Waals surface area contributed by atoms with Gasteiger partial charge in [-0.15, -0.1) is 0 Å². The van der Waals surface area contributed by atoms with E-state index in [1.165, 1.54) is 12.1 Å². The molecule has 0 saturated heterocycles. The summed E-state index contributed by atoms with van der Waals surface area (Å²) in [5, 5.41) is 28.6. The largest absolute Gasteiger partial charge is 0.508 e. The summed E-state index contributed by atoms with van der Waals surface area (Å²) >= 11 is 0. The van der Waals surface area contributed by atoms with Gasteiger partial charge in [0.05, 0.1) is 6.04 Å². The van der Waals surface area contributed by atoms with Gasteiger partial charge in [0.25, 0.3) is 0 Å². The molecule has 0 saturated carbocycles. The Balaban J connectivity index is 1.60. The summed E-state index contributed by atoms with van der Waals surface area (Å²) in [7, 11) is 0. The van der Waals surface area contributed by atoms with Gasteiger partial charge >= 0.3 is 5.97 Å². The zero-order valence-corrected chi connectivity index (χ0v) is 25.9. The maximum absolute atomic E-state index is 13.9. The molecule has 1 aromatic heterocycles. The minimum atomic E-state index is -1.18. The molecular weight excluding hydrogens is 586 g/mol. The van der Waals surface area contributed by atoms with Crippen molar-refractivity contribution in [1.82, 2.24) is 20.9 Å². The molecule has 0 aliphatic carbocycles. The van der Waals surface area contributed by atoms with Gasteiger partial charge in [-0.25, -0.2) is 4.79 Å². The van der Waals surface area contributed by atoms with Gasteiger partial charge in [0.2, 0.25) is 17.7 Å². The molecule has 4 aromatic rings. The quantitative estimate of drug-likeness (QED) is 0.106. The lowest BCUT2D eigenvalue weighted by Gasteiger charge is -2.27. The number of benzene rings is 3. The molecule has 3 amide bonds. The number of hydrogen-bond donors (Lipinski definition) is 7. The number of aromatic amines is 1. The molecule has 4 rings (SSSR count). The lowest BCUT2D eigenvalue weighted by Crippen LogP contribution is -2.58. The average molecular weight is 628 g/mol. The maximum atomic E-state index is 13.9. The van der Waals surface area contributed by atoms with E-state index in [1.54, 1.807) is 25.3 Å². The van der Waals surface area contributed by atoms with Gasteiger partial charge in [-0.2, -0.15) is 0 Å². The number of carboxylic acid groups (broad SMARTS) is 1. The monoisotopic (exact) mass is 627 g/mol. The first-order chi connectivity index (χ1) is 22.0. The molecular formula is C35H41N5O6. The third kappa shape index (κ3) is 8.95. The van der Waals surface area contributed by atoms with E-state index in [1.807, 2.05) is 61.5 Å². The standard InChI is InChI=1S/C35H41N5O6/c1-3-21(2)31(35(45)46)40-34(44)30(19-24-20-37-28-12-8-7-11-26(24)28)39-33(43)29(18-23-13-15-25(41)16-14-23)38-32(42)27(36)17-22-9-5-4-6-10-22/h4-16,20-21,27,29-31,37,41H,3,17-19,36H2,1-2H3,(H,38,42)(H,39,43)(H,40,44)(H,45,46). The van der Waals surface area contributed by atoms with Gasteiger partial charge in [0.1, 0.15) is 23.9 Å². The molecule has 0 fully saturated rings. The van der Waals surface area contributed by atoms with E-state index in [2.05, 4.69) is 20.9 Å². The van der Waals surface area contributed by atoms with Crippen LogP contribution in [0.25, 0.3) is 10.9 Å². The summed E-state index contributed by atoms with van der Waals surface area (Å²) < 4.78 is 0. The highest BCUT2D eigenvalue weighted by Crippen LogP contribution is 2.20. The zero-order valence-electron chi connectivity index (χ0n) is 25.9. The van der Waals surface area contributed by atoms with Crippen LogP contribution in [0.15, 0.2) is 85.1 Å². The van der Waals surface area contributed by atoms with Gasteiger partial charge in [-0.1, -0.05) is 80.9 Å². The van der Waals surface area contributed by atoms with Crippen molar-refractivity contribution in [3.05, 3.63) is 102 Å². The number of nitrogens with one attached hydrogen (secondary N) is 4. The second-order valence-electron chi connectivity index (χ2n) is 11.6. The van der Waals surface area contributed by atoms with Crippen LogP contribution in [0.5, 0.6) is 5.75 Å². The number of hydrogen-bond acceptors (Lipinski definition) is 6. The smallest absolute Gasteiger partial charge is 0.326 e. The van der Waals surface area contributed by atoms with E-state index in [0.29, 0.717) is 12.0 Å². The minimum Gasteiger partial charge on any atom is -0.508 e. The van der Waals surface area contributed by atoms with Crippen LogP contribution in [0.4, 0.5) is 0 Å². The number of aromatic nitrogens is 1. The first-order valence-electron chi connectivity index (χ1n) is 15.3. The number of nitrogens with two attached hydrogens (primary N) is 1. The molecule has 5 unspecified atom stereocenters. The normalized spacial score (nSPS) is 14.4. The number of fused-ring (bicyclic) bond motifs is 1. The molecule has 1 heterocycles. The van der Waals surface area contributed by atoms with Crippen molar-refractivity contribution in [2.45, 2.75) is 63.7 Å². The Labute approximate surface area is 267 Å². The van der Waals surface area contributed by atoms with Crippen LogP contribution in [0, 0.1) is 5.92 Å². The van der Waals surface area contributed by atoms with Crippen molar-refractivity contribution in [3.8, 4) is 5.75 Å². The number of amides is 3. The van der Waals surface area contributed by atoms with Gasteiger partial charge < -0.3 is 36.9 Å². The molecule has 0 aliphatic heterocycles. The summed E-state index contributed by atoms with van der Waals surface area (Å²) in [4.78, 5) is 56.1. The summed E-state index contributed by atoms with van der Waals surface area (Å²) in [5.74, 6) is -3.36. The number of carboxylic acids is 1. The molecule has 11 heteroatoms. The van der Waals surface area contributed by atoms with Crippen molar-refractivity contribution < 1.29 is 29.4 Å². The Morgan fingerprint density at radius 1 is 0.761 bits per heavy atom. The Bertz CT molecular complexity index is 1640. The highest BCUT2D eigenvalue weighted by molar-refractivity contribution is 5.95. The van der Waals surface area contributed by atoms with Crippen molar-refractivity contribution in [1.29, 1.82) is 0 Å². The summed E-state index contributed by atoms with van der Waals surface area (Å²) in [6.07, 6.45) is 2.61. The summed E-state index contributed by atoms with van der Waals surface area (Å²) in [5.41, 5.74) is 9.32. The fourth-order valence-corrected chi connectivity index (χ4v) is 5.26. The van der Waals surface area contributed by atoms with Crippen LogP contribution < -0.4 is 21.7 Å². The molecule has 46 heavy (non-hydrogen) atoms. The SMILES string of the molecule is CCC(C)C(NC(=O)C(Cc1c[nH]c2ccccc12)NC(=O)C(Cc1ccc(O)cc1)NC(=O)C(N)Cc1ccccc1)C(=O)O. The van der Waals surface area contributed by atoms with E-state index in [-0.39, 0.29) is 30.9 Å². The third-order valence-corrected chi connectivity index (χ3v) is 8.15. The predicted octanol–water partition coefficient (Wildman–Crippen LogP) is 2.81. The zero-order chi connectivity index (χ0) is 33.2. The Morgan fingerprint density at radius 3 is 2.02 bits per heavy atom. The number of H-pyrrole nitrogens is 1. The van der Waals surface area contributed by atoms with Crippen molar-refractivity contribution in [2.75, 3.05) is 0 Å². The molecule has 5 atom stereocenters. The van der Waals surface area contributed by atoms with Gasteiger partial charge in [0, 0.05) is 29.9 Å². The Kier molecular flexibility index (Phi) is 11.5. The fourth-order valence-electron chi connectivity index (χ4n) is 5.26. The first-order valence-corrected chi connectivity index (χ1v) is 15.3. The molecule has 0 radical (unpaired) electrons. The second-order valence-corrected chi connectivity index (χ2v) is 11.6. The predicted molar refractivity (Wildman–Crippen MR) is 175 cm³/mol. The van der Waals surface area contributed by atoms with Crippen LogP contribution in [-0.2, 0) is 38.4 Å². The minimum absolute atomic E-state index is 0.0436. The fraction of sp³-hybridized carbons (Fsp3) is 0.314. The van der Waals surface area contributed by atoms with E-state index < -0.39 is 47.9 Å². The summed E-state index contributed by atoms with van der Waals surface area (Å²) in [6.45, 7) is 3.56. The number of phenolic OH excluding ortho intramolecular Hbond substituents is 1. The Morgan fingerprint density at radius 2 is 1.35 bits per heavy atom. The number of aliphatic carboxylic acids is 1. The molecule has 242 valence electrons. The lowest BCUT2D eigenvalue weighted by atomic mass is 9.97. The Hall–Kier alpha value is -5.16. The molecule has 0 aliphatic rings. The van der Waals surface area contributed by atoms with Crippen LogP contribution in [0.2, 0.25) is 0 Å². The van der Waals surface area contributed by atoms with Crippen molar-refractivity contribution in [2.24, 2.45) is 11.7 Å². The van der Waals surface area contributed by atoms with Crippen LogP contribution in [0.1, 0.15) is 37.0 Å². The van der Waals surface area contributed by atoms with Gasteiger partial charge in [-0.3, -0.25) is 14.4 Å². The number of phenols is 1. The first kappa shape index (κ1) is 33.7. The number of rotatable bonds is 15. The van der Waals surface area contributed by atoms with E-state index >= 15 is 0 Å².